The van der Waals surface area contributed by atoms with Crippen molar-refractivity contribution in [1.82, 2.24) is 0 Å². The molecule has 0 atom stereocenters. The van der Waals surface area contributed by atoms with Crippen LogP contribution in [0, 0.1) is 12.3 Å². The third-order valence-electron chi connectivity index (χ3n) is 2.25. The summed E-state index contributed by atoms with van der Waals surface area (Å²) in [5.74, 6) is 5.39. The van der Waals surface area contributed by atoms with Crippen LogP contribution in [0.2, 0.25) is 0 Å². The molecule has 1 aliphatic rings. The summed E-state index contributed by atoms with van der Waals surface area (Å²) in [7, 11) is 0. The molecule has 0 N–H and O–H groups in total. The van der Waals surface area contributed by atoms with Crippen LogP contribution in [0.1, 0.15) is 12.8 Å². The normalized spacial score (nSPS) is 13.2. The van der Waals surface area contributed by atoms with Gasteiger partial charge in [-0.1, -0.05) is 0 Å². The molecule has 16 heavy (non-hydrogen) atoms. The van der Waals surface area contributed by atoms with Gasteiger partial charge in [-0.2, -0.15) is 0 Å². The van der Waals surface area contributed by atoms with E-state index in [9.17, 15) is 0 Å². The number of terminal acetylenes is 1. The average Bonchev–Trinajstić information content (AvgIpc) is 2.34. The Labute approximate surface area is 100 Å². The molecule has 0 radical (unpaired) electrons. The smallest absolute Gasteiger partial charge is 0.162 e. The van der Waals surface area contributed by atoms with Crippen LogP contribution < -0.4 is 9.47 Å². The lowest BCUT2D eigenvalue weighted by Crippen LogP contribution is -2.15. The van der Waals surface area contributed by atoms with Crippen LogP contribution in [0.15, 0.2) is 23.1 Å². The predicted molar refractivity (Wildman–Crippen MR) is 66.2 cm³/mol. The zero-order chi connectivity index (χ0) is 11.2. The van der Waals surface area contributed by atoms with E-state index in [4.69, 9.17) is 15.9 Å². The van der Waals surface area contributed by atoms with Gasteiger partial charge >= 0.3 is 0 Å². The average molecular weight is 234 g/mol. The summed E-state index contributed by atoms with van der Waals surface area (Å²) in [5.41, 5.74) is 0. The van der Waals surface area contributed by atoms with Crippen LogP contribution in [0.5, 0.6) is 11.5 Å². The second kappa shape index (κ2) is 5.72. The van der Waals surface area contributed by atoms with E-state index in [1.165, 1.54) is 4.90 Å². The van der Waals surface area contributed by atoms with Crippen molar-refractivity contribution in [3.05, 3.63) is 18.2 Å². The number of benzene rings is 1. The Hall–Kier alpha value is -1.27. The van der Waals surface area contributed by atoms with Crippen LogP contribution in [0.4, 0.5) is 0 Å². The minimum atomic E-state index is 0.637. The van der Waals surface area contributed by atoms with E-state index in [2.05, 4.69) is 12.0 Å². The Morgan fingerprint density at radius 2 is 2.06 bits per heavy atom. The van der Waals surface area contributed by atoms with E-state index in [-0.39, 0.29) is 0 Å². The Kier molecular flexibility index (Phi) is 4.01. The summed E-state index contributed by atoms with van der Waals surface area (Å²) in [5, 5.41) is 0. The van der Waals surface area contributed by atoms with Gasteiger partial charge in [-0.3, -0.25) is 0 Å². The molecule has 84 valence electrons. The molecule has 0 spiro atoms. The van der Waals surface area contributed by atoms with Crippen LogP contribution in [0.25, 0.3) is 0 Å². The van der Waals surface area contributed by atoms with Crippen molar-refractivity contribution < 1.29 is 9.47 Å². The maximum Gasteiger partial charge on any atom is 0.162 e. The molecule has 1 aromatic carbocycles. The molecule has 1 aromatic rings. The molecule has 0 aliphatic carbocycles. The molecule has 2 nitrogen and oxygen atoms in total. The van der Waals surface area contributed by atoms with Crippen LogP contribution in [-0.4, -0.2) is 19.0 Å². The molecule has 0 aromatic heterocycles. The van der Waals surface area contributed by atoms with Crippen molar-refractivity contribution in [2.24, 2.45) is 0 Å². The van der Waals surface area contributed by atoms with Crippen molar-refractivity contribution in [2.45, 2.75) is 17.7 Å². The van der Waals surface area contributed by atoms with Gasteiger partial charge in [0.25, 0.3) is 0 Å². The second-order valence-corrected chi connectivity index (χ2v) is 4.63. The maximum absolute atomic E-state index is 5.52. The van der Waals surface area contributed by atoms with E-state index in [1.807, 2.05) is 12.1 Å². The molecule has 2 rings (SSSR count). The molecule has 0 bridgehead atoms. The third kappa shape index (κ3) is 2.86. The molecule has 1 aliphatic heterocycles. The maximum atomic E-state index is 5.52. The predicted octanol–water partition coefficient (Wildman–Crippen LogP) is 2.96. The summed E-state index contributed by atoms with van der Waals surface area (Å²) in [6, 6.07) is 6.07. The Balaban J connectivity index is 1.93. The van der Waals surface area contributed by atoms with Gasteiger partial charge in [-0.05, 0) is 30.4 Å². The molecule has 3 heteroatoms. The van der Waals surface area contributed by atoms with Crippen molar-refractivity contribution in [1.29, 1.82) is 0 Å². The van der Waals surface area contributed by atoms with E-state index < -0.39 is 0 Å². The molecule has 1 heterocycles. The van der Waals surface area contributed by atoms with E-state index in [0.717, 1.165) is 30.1 Å². The Bertz CT molecular complexity index is 395. The zero-order valence-electron chi connectivity index (χ0n) is 9.07. The first-order valence-electron chi connectivity index (χ1n) is 5.36. The molecular formula is C13H14O2S. The lowest BCUT2D eigenvalue weighted by molar-refractivity contribution is 0.171. The summed E-state index contributed by atoms with van der Waals surface area (Å²) < 4.78 is 11.0. The fourth-order valence-corrected chi connectivity index (χ4v) is 2.36. The summed E-state index contributed by atoms with van der Waals surface area (Å²) >= 11 is 1.80. The standard InChI is InChI=1S/C13H14O2S/c1-2-3-4-9-16-11-5-6-12-13(10-11)15-8-7-14-12/h1,5-6,10H,3-4,7-9H2. The number of hydrogen-bond acceptors (Lipinski definition) is 3. The van der Waals surface area contributed by atoms with Crippen molar-refractivity contribution in [2.75, 3.05) is 19.0 Å². The fraction of sp³-hybridized carbons (Fsp3) is 0.385. The highest BCUT2D eigenvalue weighted by atomic mass is 32.2. The van der Waals surface area contributed by atoms with Gasteiger partial charge in [0.1, 0.15) is 13.2 Å². The Morgan fingerprint density at radius 3 is 2.88 bits per heavy atom. The van der Waals surface area contributed by atoms with Crippen molar-refractivity contribution >= 4 is 11.8 Å². The zero-order valence-corrected chi connectivity index (χ0v) is 9.89. The van der Waals surface area contributed by atoms with Crippen LogP contribution >= 0.6 is 11.8 Å². The molecule has 0 amide bonds. The van der Waals surface area contributed by atoms with E-state index in [0.29, 0.717) is 13.2 Å². The molecule has 0 saturated carbocycles. The molecule has 0 fully saturated rings. The SMILES string of the molecule is C#CCCCSc1ccc2c(c1)OCCO2. The van der Waals surface area contributed by atoms with Crippen LogP contribution in [-0.2, 0) is 0 Å². The van der Waals surface area contributed by atoms with Gasteiger partial charge in [-0.25, -0.2) is 0 Å². The number of fused-ring (bicyclic) bond motifs is 1. The quantitative estimate of drug-likeness (QED) is 0.453. The van der Waals surface area contributed by atoms with Gasteiger partial charge in [0, 0.05) is 11.3 Å². The molecule has 0 saturated heterocycles. The third-order valence-corrected chi connectivity index (χ3v) is 3.33. The molecular weight excluding hydrogens is 220 g/mol. The Morgan fingerprint density at radius 1 is 1.25 bits per heavy atom. The van der Waals surface area contributed by atoms with Gasteiger partial charge < -0.3 is 9.47 Å². The minimum Gasteiger partial charge on any atom is -0.486 e. The number of unbranched alkanes of at least 4 members (excludes halogenated alkanes) is 1. The van der Waals surface area contributed by atoms with Crippen LogP contribution in [0.3, 0.4) is 0 Å². The van der Waals surface area contributed by atoms with Gasteiger partial charge in [0.2, 0.25) is 0 Å². The van der Waals surface area contributed by atoms with Gasteiger partial charge in [-0.15, -0.1) is 24.1 Å². The van der Waals surface area contributed by atoms with E-state index >= 15 is 0 Å². The second-order valence-electron chi connectivity index (χ2n) is 3.46. The van der Waals surface area contributed by atoms with Crippen molar-refractivity contribution in [3.63, 3.8) is 0 Å². The fourth-order valence-electron chi connectivity index (χ4n) is 1.48. The van der Waals surface area contributed by atoms with Crippen molar-refractivity contribution in [3.8, 4) is 23.8 Å². The lowest BCUT2D eigenvalue weighted by atomic mass is 10.3. The first-order valence-corrected chi connectivity index (χ1v) is 6.34. The monoisotopic (exact) mass is 234 g/mol. The summed E-state index contributed by atoms with van der Waals surface area (Å²) in [6.45, 7) is 1.28. The van der Waals surface area contributed by atoms with Gasteiger partial charge in [0.05, 0.1) is 0 Å². The number of rotatable bonds is 4. The first kappa shape index (κ1) is 11.2. The van der Waals surface area contributed by atoms with Gasteiger partial charge in [0.15, 0.2) is 11.5 Å². The number of thioether (sulfide) groups is 1. The largest absolute Gasteiger partial charge is 0.486 e. The summed E-state index contributed by atoms with van der Waals surface area (Å²) in [6.07, 6.45) is 7.10. The first-order chi connectivity index (χ1) is 7.90. The summed E-state index contributed by atoms with van der Waals surface area (Å²) in [4.78, 5) is 1.21. The number of ether oxygens (including phenoxy) is 2. The highest BCUT2D eigenvalue weighted by Gasteiger charge is 2.11. The topological polar surface area (TPSA) is 18.5 Å². The molecule has 0 unspecified atom stereocenters. The minimum absolute atomic E-state index is 0.637. The highest BCUT2D eigenvalue weighted by Crippen LogP contribution is 2.34. The highest BCUT2D eigenvalue weighted by molar-refractivity contribution is 7.99. The van der Waals surface area contributed by atoms with E-state index in [1.54, 1.807) is 11.8 Å². The lowest BCUT2D eigenvalue weighted by Gasteiger charge is -2.18. The number of hydrogen-bond donors (Lipinski definition) is 0.